The number of amides is 2. The van der Waals surface area contributed by atoms with Crippen molar-refractivity contribution in [3.05, 3.63) is 35.9 Å². The van der Waals surface area contributed by atoms with Gasteiger partial charge in [-0.25, -0.2) is 4.99 Å². The predicted octanol–water partition coefficient (Wildman–Crippen LogP) is 1.59. The Labute approximate surface area is 168 Å². The zero-order valence-corrected chi connectivity index (χ0v) is 17.1. The van der Waals surface area contributed by atoms with Crippen LogP contribution in [0.15, 0.2) is 35.3 Å². The zero-order chi connectivity index (χ0) is 20.4. The van der Waals surface area contributed by atoms with E-state index in [1.165, 1.54) is 0 Å². The van der Waals surface area contributed by atoms with Gasteiger partial charge in [0.25, 0.3) is 0 Å². The summed E-state index contributed by atoms with van der Waals surface area (Å²) in [5.74, 6) is 0.729. The van der Waals surface area contributed by atoms with E-state index in [0.717, 1.165) is 44.0 Å². The summed E-state index contributed by atoms with van der Waals surface area (Å²) in [5, 5.41) is 3.28. The second kappa shape index (κ2) is 11.3. The molecule has 0 aliphatic carbocycles. The molecule has 0 spiro atoms. The molecule has 28 heavy (non-hydrogen) atoms. The van der Waals surface area contributed by atoms with E-state index in [1.807, 2.05) is 49.1 Å². The van der Waals surface area contributed by atoms with Gasteiger partial charge in [0.1, 0.15) is 6.54 Å². The molecule has 154 valence electrons. The number of piperidine rings is 1. The first-order chi connectivity index (χ1) is 13.5. The van der Waals surface area contributed by atoms with Gasteiger partial charge in [0.15, 0.2) is 5.96 Å². The van der Waals surface area contributed by atoms with Crippen molar-refractivity contribution in [2.75, 3.05) is 32.7 Å². The van der Waals surface area contributed by atoms with Gasteiger partial charge in [-0.15, -0.1) is 0 Å². The van der Waals surface area contributed by atoms with E-state index in [-0.39, 0.29) is 24.3 Å². The summed E-state index contributed by atoms with van der Waals surface area (Å²) in [7, 11) is 0. The maximum Gasteiger partial charge on any atom is 0.244 e. The summed E-state index contributed by atoms with van der Waals surface area (Å²) in [6, 6.07) is 9.98. The first-order valence-electron chi connectivity index (χ1n) is 10.2. The van der Waals surface area contributed by atoms with Gasteiger partial charge in [-0.3, -0.25) is 9.59 Å². The van der Waals surface area contributed by atoms with Gasteiger partial charge in [-0.1, -0.05) is 30.3 Å². The molecule has 1 heterocycles. The van der Waals surface area contributed by atoms with Crippen LogP contribution < -0.4 is 11.1 Å². The monoisotopic (exact) mass is 387 g/mol. The summed E-state index contributed by atoms with van der Waals surface area (Å²) in [5.41, 5.74) is 6.47. The van der Waals surface area contributed by atoms with Crippen LogP contribution in [0.5, 0.6) is 0 Å². The molecule has 1 fully saturated rings. The lowest BCUT2D eigenvalue weighted by molar-refractivity contribution is -0.130. The van der Waals surface area contributed by atoms with Crippen LogP contribution in [0, 0.1) is 5.92 Å². The quantitative estimate of drug-likeness (QED) is 0.523. The highest BCUT2D eigenvalue weighted by molar-refractivity contribution is 5.85. The Morgan fingerprint density at radius 3 is 2.68 bits per heavy atom. The number of nitrogens with two attached hydrogens (primary N) is 1. The van der Waals surface area contributed by atoms with E-state index in [4.69, 9.17) is 5.73 Å². The molecular weight excluding hydrogens is 354 g/mol. The van der Waals surface area contributed by atoms with Gasteiger partial charge in [0.05, 0.1) is 0 Å². The molecule has 1 saturated heterocycles. The van der Waals surface area contributed by atoms with E-state index in [2.05, 4.69) is 15.2 Å². The summed E-state index contributed by atoms with van der Waals surface area (Å²) in [6.45, 7) is 7.67. The first kappa shape index (κ1) is 21.7. The van der Waals surface area contributed by atoms with E-state index in [0.29, 0.717) is 19.5 Å². The van der Waals surface area contributed by atoms with Crippen LogP contribution in [0.25, 0.3) is 0 Å². The number of guanidine groups is 1. The largest absolute Gasteiger partial charge is 0.370 e. The van der Waals surface area contributed by atoms with Gasteiger partial charge in [0.2, 0.25) is 11.8 Å². The number of hydrogen-bond donors (Lipinski definition) is 2. The SMILES string of the molecule is CCNC(=NCC(=O)N(CC)Cc1ccccc1)N1CCCC(CC(N)=O)C1. The smallest absolute Gasteiger partial charge is 0.244 e. The highest BCUT2D eigenvalue weighted by Crippen LogP contribution is 2.19. The number of carbonyl (C=O) groups excluding carboxylic acids is 2. The molecule has 0 saturated carbocycles. The number of likely N-dealkylation sites (tertiary alicyclic amines) is 1. The van der Waals surface area contributed by atoms with E-state index < -0.39 is 0 Å². The zero-order valence-electron chi connectivity index (χ0n) is 17.1. The molecule has 0 bridgehead atoms. The minimum Gasteiger partial charge on any atom is -0.370 e. The van der Waals surface area contributed by atoms with Gasteiger partial charge in [-0.05, 0) is 38.2 Å². The highest BCUT2D eigenvalue weighted by Gasteiger charge is 2.24. The fourth-order valence-corrected chi connectivity index (χ4v) is 3.56. The van der Waals surface area contributed by atoms with Crippen molar-refractivity contribution in [2.24, 2.45) is 16.6 Å². The number of aliphatic imine (C=N–C) groups is 1. The average molecular weight is 388 g/mol. The topological polar surface area (TPSA) is 91.0 Å². The van der Waals surface area contributed by atoms with Crippen molar-refractivity contribution in [1.82, 2.24) is 15.1 Å². The van der Waals surface area contributed by atoms with E-state index in [1.54, 1.807) is 0 Å². The van der Waals surface area contributed by atoms with Crippen LogP contribution in [-0.4, -0.2) is 60.3 Å². The van der Waals surface area contributed by atoms with Crippen LogP contribution in [0.1, 0.15) is 38.7 Å². The second-order valence-corrected chi connectivity index (χ2v) is 7.19. The van der Waals surface area contributed by atoms with Gasteiger partial charge < -0.3 is 20.9 Å². The standard InChI is InChI=1S/C21H33N5O2/c1-3-23-21(26-12-8-11-18(16-26)13-19(22)27)24-14-20(28)25(4-2)15-17-9-6-5-7-10-17/h5-7,9-10,18H,3-4,8,11-16H2,1-2H3,(H2,22,27)(H,23,24). The van der Waals surface area contributed by atoms with Crippen LogP contribution in [0.4, 0.5) is 0 Å². The summed E-state index contributed by atoms with van der Waals surface area (Å²) >= 11 is 0. The maximum absolute atomic E-state index is 12.7. The Hall–Kier alpha value is -2.57. The van der Waals surface area contributed by atoms with Crippen molar-refractivity contribution in [3.8, 4) is 0 Å². The molecule has 1 aliphatic heterocycles. The molecule has 1 aromatic carbocycles. The second-order valence-electron chi connectivity index (χ2n) is 7.19. The number of likely N-dealkylation sites (N-methyl/N-ethyl adjacent to an activating group) is 1. The lowest BCUT2D eigenvalue weighted by atomic mass is 9.95. The van der Waals surface area contributed by atoms with Crippen molar-refractivity contribution in [1.29, 1.82) is 0 Å². The third kappa shape index (κ3) is 6.87. The number of carbonyl (C=O) groups is 2. The number of benzene rings is 1. The molecule has 2 amide bonds. The predicted molar refractivity (Wildman–Crippen MR) is 112 cm³/mol. The third-order valence-corrected chi connectivity index (χ3v) is 4.96. The number of primary amides is 1. The van der Waals surface area contributed by atoms with Gasteiger partial charge in [0, 0.05) is 39.1 Å². The first-order valence-corrected chi connectivity index (χ1v) is 10.2. The molecule has 1 aromatic rings. The van der Waals surface area contributed by atoms with Gasteiger partial charge in [-0.2, -0.15) is 0 Å². The average Bonchev–Trinajstić information content (AvgIpc) is 2.69. The summed E-state index contributed by atoms with van der Waals surface area (Å²) in [4.78, 5) is 32.5. The van der Waals surface area contributed by atoms with Crippen LogP contribution in [0.3, 0.4) is 0 Å². The molecule has 2 rings (SSSR count). The number of nitrogens with one attached hydrogen (secondary N) is 1. The minimum absolute atomic E-state index is 0.00690. The Bertz CT molecular complexity index is 662. The minimum atomic E-state index is -0.261. The fourth-order valence-electron chi connectivity index (χ4n) is 3.56. The Morgan fingerprint density at radius 2 is 2.04 bits per heavy atom. The maximum atomic E-state index is 12.7. The number of nitrogens with zero attached hydrogens (tertiary/aromatic N) is 3. The molecule has 1 unspecified atom stereocenters. The molecule has 1 atom stereocenters. The number of rotatable bonds is 8. The molecule has 1 aliphatic rings. The summed E-state index contributed by atoms with van der Waals surface area (Å²) < 4.78 is 0. The van der Waals surface area contributed by atoms with Crippen molar-refractivity contribution < 1.29 is 9.59 Å². The molecule has 0 aromatic heterocycles. The molecule has 3 N–H and O–H groups in total. The van der Waals surface area contributed by atoms with Crippen molar-refractivity contribution in [3.63, 3.8) is 0 Å². The van der Waals surface area contributed by atoms with Crippen LogP contribution in [-0.2, 0) is 16.1 Å². The lowest BCUT2D eigenvalue weighted by Gasteiger charge is -2.34. The third-order valence-electron chi connectivity index (χ3n) is 4.96. The Kier molecular flexibility index (Phi) is 8.78. The summed E-state index contributed by atoms with van der Waals surface area (Å²) in [6.07, 6.45) is 2.39. The molecule has 7 nitrogen and oxygen atoms in total. The fraction of sp³-hybridized carbons (Fsp3) is 0.571. The van der Waals surface area contributed by atoms with E-state index in [9.17, 15) is 9.59 Å². The molecular formula is C21H33N5O2. The Morgan fingerprint density at radius 1 is 1.29 bits per heavy atom. The molecule has 7 heteroatoms. The lowest BCUT2D eigenvalue weighted by Crippen LogP contribution is -2.47. The van der Waals surface area contributed by atoms with E-state index >= 15 is 0 Å². The van der Waals surface area contributed by atoms with Crippen molar-refractivity contribution >= 4 is 17.8 Å². The number of hydrogen-bond acceptors (Lipinski definition) is 3. The normalized spacial score (nSPS) is 17.3. The molecule has 0 radical (unpaired) electrons. The highest BCUT2D eigenvalue weighted by atomic mass is 16.2. The van der Waals surface area contributed by atoms with Crippen LogP contribution in [0.2, 0.25) is 0 Å². The van der Waals surface area contributed by atoms with Crippen molar-refractivity contribution in [2.45, 2.75) is 39.7 Å². The van der Waals surface area contributed by atoms with Crippen LogP contribution >= 0.6 is 0 Å². The van der Waals surface area contributed by atoms with Gasteiger partial charge >= 0.3 is 0 Å². The Balaban J connectivity index is 1.99.